The normalized spacial score (nSPS) is 17.9. The molecule has 0 spiro atoms. The zero-order valence-electron chi connectivity index (χ0n) is 11.4. The monoisotopic (exact) mass is 264 g/mol. The fourth-order valence-electron chi connectivity index (χ4n) is 2.45. The van der Waals surface area contributed by atoms with E-state index in [1.807, 2.05) is 24.3 Å². The molecule has 19 heavy (non-hydrogen) atoms. The van der Waals surface area contributed by atoms with E-state index in [1.54, 1.807) is 7.11 Å². The molecule has 104 valence electrons. The maximum absolute atomic E-state index is 11.7. The first kappa shape index (κ1) is 13.7. The Hall–Kier alpha value is -1.75. The molecule has 0 bridgehead atoms. The number of piperidine rings is 1. The number of hydrogen-bond acceptors (Lipinski definition) is 5. The van der Waals surface area contributed by atoms with Crippen LogP contribution in [0.15, 0.2) is 24.3 Å². The van der Waals surface area contributed by atoms with E-state index in [0.717, 1.165) is 11.4 Å². The Balaban J connectivity index is 2.10. The summed E-state index contributed by atoms with van der Waals surface area (Å²) in [5, 5.41) is 0. The van der Waals surface area contributed by atoms with Gasteiger partial charge in [-0.1, -0.05) is 12.1 Å². The molecule has 0 saturated carbocycles. The van der Waals surface area contributed by atoms with E-state index in [-0.39, 0.29) is 5.97 Å². The highest BCUT2D eigenvalue weighted by molar-refractivity contribution is 5.81. The van der Waals surface area contributed by atoms with Crippen LogP contribution in [0.3, 0.4) is 0 Å². The lowest BCUT2D eigenvalue weighted by molar-refractivity contribution is -0.147. The number of nitrogens with zero attached hydrogens (tertiary/aromatic N) is 1. The average molecular weight is 264 g/mol. The molecule has 1 saturated heterocycles. The molecule has 0 amide bonds. The van der Waals surface area contributed by atoms with Gasteiger partial charge in [0.2, 0.25) is 0 Å². The zero-order chi connectivity index (χ0) is 13.9. The molecule has 0 aromatic heterocycles. The lowest BCUT2D eigenvalue weighted by Crippen LogP contribution is -2.56. The van der Waals surface area contributed by atoms with Crippen molar-refractivity contribution in [2.24, 2.45) is 5.73 Å². The summed E-state index contributed by atoms with van der Waals surface area (Å²) in [6.07, 6.45) is 1.16. The number of methoxy groups -OCH3 is 2. The highest BCUT2D eigenvalue weighted by atomic mass is 16.5. The van der Waals surface area contributed by atoms with E-state index in [1.165, 1.54) is 7.11 Å². The van der Waals surface area contributed by atoms with E-state index in [0.29, 0.717) is 25.9 Å². The van der Waals surface area contributed by atoms with Gasteiger partial charge in [0.05, 0.1) is 19.9 Å². The molecule has 0 aliphatic carbocycles. The lowest BCUT2D eigenvalue weighted by atomic mass is 9.88. The van der Waals surface area contributed by atoms with Crippen LogP contribution in [0.1, 0.15) is 12.8 Å². The lowest BCUT2D eigenvalue weighted by Gasteiger charge is -2.38. The molecule has 1 aromatic rings. The van der Waals surface area contributed by atoms with Crippen LogP contribution in [0.25, 0.3) is 0 Å². The van der Waals surface area contributed by atoms with Crippen molar-refractivity contribution in [1.82, 2.24) is 0 Å². The number of esters is 1. The molecule has 2 N–H and O–H groups in total. The van der Waals surface area contributed by atoms with Crippen LogP contribution in [0.2, 0.25) is 0 Å². The molecule has 1 fully saturated rings. The number of rotatable bonds is 3. The van der Waals surface area contributed by atoms with Gasteiger partial charge in [0.1, 0.15) is 11.3 Å². The molecule has 0 unspecified atom stereocenters. The molecule has 0 radical (unpaired) electrons. The molecule has 0 atom stereocenters. The van der Waals surface area contributed by atoms with Gasteiger partial charge in [0.25, 0.3) is 0 Å². The van der Waals surface area contributed by atoms with E-state index in [9.17, 15) is 4.79 Å². The molecular weight excluding hydrogens is 244 g/mol. The van der Waals surface area contributed by atoms with E-state index in [2.05, 4.69) is 4.90 Å². The van der Waals surface area contributed by atoms with Crippen LogP contribution in [-0.4, -0.2) is 38.8 Å². The minimum absolute atomic E-state index is 0.327. The number of para-hydroxylation sites is 2. The van der Waals surface area contributed by atoms with Gasteiger partial charge in [0, 0.05) is 13.1 Å². The number of carbonyl (C=O) groups excluding carboxylic acids is 1. The van der Waals surface area contributed by atoms with Gasteiger partial charge in [-0.2, -0.15) is 0 Å². The van der Waals surface area contributed by atoms with Gasteiger partial charge in [-0.3, -0.25) is 4.79 Å². The quantitative estimate of drug-likeness (QED) is 0.830. The minimum atomic E-state index is -0.854. The third-order valence-electron chi connectivity index (χ3n) is 3.67. The van der Waals surface area contributed by atoms with Gasteiger partial charge in [-0.05, 0) is 25.0 Å². The molecule has 2 rings (SSSR count). The third kappa shape index (κ3) is 2.66. The number of ether oxygens (including phenoxy) is 2. The van der Waals surface area contributed by atoms with Crippen LogP contribution in [0, 0.1) is 0 Å². The smallest absolute Gasteiger partial charge is 0.325 e. The zero-order valence-corrected chi connectivity index (χ0v) is 11.4. The summed E-state index contributed by atoms with van der Waals surface area (Å²) in [5.41, 5.74) is 6.28. The second kappa shape index (κ2) is 5.48. The Morgan fingerprint density at radius 3 is 2.47 bits per heavy atom. The Labute approximate surface area is 113 Å². The maximum Gasteiger partial charge on any atom is 0.325 e. The van der Waals surface area contributed by atoms with Crippen molar-refractivity contribution in [2.45, 2.75) is 18.4 Å². The van der Waals surface area contributed by atoms with Crippen molar-refractivity contribution in [2.75, 3.05) is 32.2 Å². The molecule has 1 heterocycles. The second-order valence-corrected chi connectivity index (χ2v) is 4.81. The first-order valence-electron chi connectivity index (χ1n) is 6.36. The fraction of sp³-hybridized carbons (Fsp3) is 0.500. The molecule has 5 nitrogen and oxygen atoms in total. The SMILES string of the molecule is COC(=O)C1(N)CCN(c2ccccc2OC)CC1. The average Bonchev–Trinajstić information content (AvgIpc) is 2.47. The molecule has 1 aliphatic heterocycles. The number of nitrogens with two attached hydrogens (primary N) is 1. The number of anilines is 1. The van der Waals surface area contributed by atoms with Crippen molar-refractivity contribution in [3.8, 4) is 5.75 Å². The molecule has 1 aromatic carbocycles. The van der Waals surface area contributed by atoms with Crippen LogP contribution >= 0.6 is 0 Å². The van der Waals surface area contributed by atoms with E-state index >= 15 is 0 Å². The number of carbonyl (C=O) groups is 1. The van der Waals surface area contributed by atoms with Crippen molar-refractivity contribution in [1.29, 1.82) is 0 Å². The van der Waals surface area contributed by atoms with Crippen molar-refractivity contribution in [3.63, 3.8) is 0 Å². The second-order valence-electron chi connectivity index (χ2n) is 4.81. The Kier molecular flexibility index (Phi) is 3.95. The van der Waals surface area contributed by atoms with Gasteiger partial charge >= 0.3 is 5.97 Å². The fourth-order valence-corrected chi connectivity index (χ4v) is 2.45. The van der Waals surface area contributed by atoms with Gasteiger partial charge < -0.3 is 20.1 Å². The summed E-state index contributed by atoms with van der Waals surface area (Å²) < 4.78 is 10.1. The third-order valence-corrected chi connectivity index (χ3v) is 3.67. The summed E-state index contributed by atoms with van der Waals surface area (Å²) in [6.45, 7) is 1.43. The summed E-state index contributed by atoms with van der Waals surface area (Å²) in [6, 6.07) is 7.86. The van der Waals surface area contributed by atoms with Crippen LogP contribution < -0.4 is 15.4 Å². The minimum Gasteiger partial charge on any atom is -0.495 e. The summed E-state index contributed by atoms with van der Waals surface area (Å²) in [7, 11) is 3.04. The van der Waals surface area contributed by atoms with Crippen LogP contribution in [-0.2, 0) is 9.53 Å². The number of hydrogen-bond donors (Lipinski definition) is 1. The Bertz CT molecular complexity index is 454. The Morgan fingerprint density at radius 1 is 1.26 bits per heavy atom. The summed E-state index contributed by atoms with van der Waals surface area (Å²) in [5.74, 6) is 0.511. The summed E-state index contributed by atoms with van der Waals surface area (Å²) >= 11 is 0. The highest BCUT2D eigenvalue weighted by Crippen LogP contribution is 2.32. The van der Waals surface area contributed by atoms with E-state index in [4.69, 9.17) is 15.2 Å². The van der Waals surface area contributed by atoms with Gasteiger partial charge in [-0.25, -0.2) is 0 Å². The van der Waals surface area contributed by atoms with Gasteiger partial charge in [0.15, 0.2) is 0 Å². The van der Waals surface area contributed by atoms with Gasteiger partial charge in [-0.15, -0.1) is 0 Å². The predicted molar refractivity (Wildman–Crippen MR) is 73.4 cm³/mol. The van der Waals surface area contributed by atoms with Crippen molar-refractivity contribution >= 4 is 11.7 Å². The Morgan fingerprint density at radius 2 is 1.89 bits per heavy atom. The van der Waals surface area contributed by atoms with Crippen molar-refractivity contribution < 1.29 is 14.3 Å². The number of benzene rings is 1. The first-order chi connectivity index (χ1) is 9.10. The van der Waals surface area contributed by atoms with E-state index < -0.39 is 5.54 Å². The molecule has 1 aliphatic rings. The van der Waals surface area contributed by atoms with Crippen LogP contribution in [0.4, 0.5) is 5.69 Å². The van der Waals surface area contributed by atoms with Crippen molar-refractivity contribution in [3.05, 3.63) is 24.3 Å². The maximum atomic E-state index is 11.7. The molecular formula is C14H20N2O3. The topological polar surface area (TPSA) is 64.8 Å². The summed E-state index contributed by atoms with van der Waals surface area (Å²) in [4.78, 5) is 13.9. The standard InChI is InChI=1S/C14H20N2O3/c1-18-12-6-4-3-5-11(12)16-9-7-14(15,8-10-16)13(17)19-2/h3-6H,7-10,15H2,1-2H3. The molecule has 5 heteroatoms. The first-order valence-corrected chi connectivity index (χ1v) is 6.36. The van der Waals surface area contributed by atoms with Crippen LogP contribution in [0.5, 0.6) is 5.75 Å². The predicted octanol–water partition coefficient (Wildman–Crippen LogP) is 1.17. The highest BCUT2D eigenvalue weighted by Gasteiger charge is 2.39. The largest absolute Gasteiger partial charge is 0.495 e.